The van der Waals surface area contributed by atoms with Crippen molar-refractivity contribution in [1.29, 1.82) is 0 Å². The van der Waals surface area contributed by atoms with Gasteiger partial charge in [0.2, 0.25) is 11.1 Å². The molecule has 2 heterocycles. The van der Waals surface area contributed by atoms with Crippen LogP contribution < -0.4 is 5.32 Å². The van der Waals surface area contributed by atoms with Gasteiger partial charge >= 0.3 is 0 Å². The van der Waals surface area contributed by atoms with Crippen LogP contribution in [0.25, 0.3) is 11.3 Å². The number of amides is 1. The molecule has 29 heavy (non-hydrogen) atoms. The molecule has 1 fully saturated rings. The van der Waals surface area contributed by atoms with Gasteiger partial charge in [0.05, 0.1) is 18.3 Å². The molecule has 1 aromatic carbocycles. The topological polar surface area (TPSA) is 85.8 Å². The molecule has 9 heteroatoms. The first kappa shape index (κ1) is 20.0. The quantitative estimate of drug-likeness (QED) is 0.554. The zero-order valence-corrected chi connectivity index (χ0v) is 17.5. The maximum atomic E-state index is 12.2. The lowest BCUT2D eigenvalue weighted by Gasteiger charge is -2.21. The van der Waals surface area contributed by atoms with Crippen LogP contribution in [0.2, 0.25) is 5.02 Å². The number of hydrogen-bond acceptors (Lipinski definition) is 6. The molecule has 4 rings (SSSR count). The Morgan fingerprint density at radius 2 is 1.97 bits per heavy atom. The lowest BCUT2D eigenvalue weighted by Crippen LogP contribution is -2.24. The Balaban J connectivity index is 1.27. The number of hydrogen-bond donors (Lipinski definition) is 1. The molecule has 152 valence electrons. The summed E-state index contributed by atoms with van der Waals surface area (Å²) in [5, 5.41) is 16.3. The van der Waals surface area contributed by atoms with Crippen LogP contribution in [0.5, 0.6) is 0 Å². The number of carbonyl (C=O) groups excluding carboxylic acids is 1. The summed E-state index contributed by atoms with van der Waals surface area (Å²) in [6.07, 6.45) is 5.88. The Morgan fingerprint density at radius 3 is 2.76 bits per heavy atom. The van der Waals surface area contributed by atoms with Gasteiger partial charge in [-0.15, -0.1) is 5.10 Å². The summed E-state index contributed by atoms with van der Waals surface area (Å²) >= 11 is 7.28. The van der Waals surface area contributed by atoms with E-state index in [0.29, 0.717) is 28.5 Å². The molecule has 0 radical (unpaired) electrons. The predicted molar refractivity (Wildman–Crippen MR) is 112 cm³/mol. The van der Waals surface area contributed by atoms with Crippen molar-refractivity contribution in [2.24, 2.45) is 0 Å². The van der Waals surface area contributed by atoms with Crippen molar-refractivity contribution in [1.82, 2.24) is 25.5 Å². The summed E-state index contributed by atoms with van der Waals surface area (Å²) < 4.78 is 7.68. The Bertz CT molecular complexity index is 950. The van der Waals surface area contributed by atoms with Crippen LogP contribution in [0.1, 0.15) is 43.9 Å². The molecule has 0 atom stereocenters. The second-order valence-electron chi connectivity index (χ2n) is 7.04. The first-order valence-electron chi connectivity index (χ1n) is 9.71. The highest BCUT2D eigenvalue weighted by Crippen LogP contribution is 2.30. The molecule has 1 aliphatic rings. The number of benzene rings is 1. The number of nitrogens with zero attached hydrogens (tertiary/aromatic N) is 4. The van der Waals surface area contributed by atoms with E-state index < -0.39 is 0 Å². The van der Waals surface area contributed by atoms with Crippen LogP contribution in [0, 0.1) is 0 Å². The van der Waals surface area contributed by atoms with E-state index >= 15 is 0 Å². The largest absolute Gasteiger partial charge is 0.459 e. The van der Waals surface area contributed by atoms with Crippen molar-refractivity contribution < 1.29 is 9.21 Å². The van der Waals surface area contributed by atoms with Gasteiger partial charge in [-0.1, -0.05) is 42.6 Å². The number of carbonyl (C=O) groups is 1. The summed E-state index contributed by atoms with van der Waals surface area (Å²) in [4.78, 5) is 12.2. The number of tetrazole rings is 1. The number of thioether (sulfide) groups is 1. The van der Waals surface area contributed by atoms with E-state index in [9.17, 15) is 4.79 Å². The summed E-state index contributed by atoms with van der Waals surface area (Å²) in [5.74, 6) is 1.61. The van der Waals surface area contributed by atoms with E-state index in [-0.39, 0.29) is 11.7 Å². The van der Waals surface area contributed by atoms with E-state index in [1.54, 1.807) is 0 Å². The third kappa shape index (κ3) is 5.19. The van der Waals surface area contributed by atoms with Gasteiger partial charge in [0, 0.05) is 10.6 Å². The van der Waals surface area contributed by atoms with Gasteiger partial charge in [-0.25, -0.2) is 4.68 Å². The molecule has 0 aliphatic heterocycles. The lowest BCUT2D eigenvalue weighted by atomic mass is 9.96. The van der Waals surface area contributed by atoms with Crippen molar-refractivity contribution in [3.8, 4) is 11.3 Å². The zero-order valence-electron chi connectivity index (χ0n) is 15.9. The average molecular weight is 432 g/mol. The normalized spacial score (nSPS) is 14.8. The van der Waals surface area contributed by atoms with Crippen molar-refractivity contribution in [3.05, 3.63) is 47.2 Å². The molecular formula is C20H22ClN5O2S. The van der Waals surface area contributed by atoms with Gasteiger partial charge in [0.25, 0.3) is 0 Å². The lowest BCUT2D eigenvalue weighted by molar-refractivity contribution is -0.118. The fourth-order valence-corrected chi connectivity index (χ4v) is 4.34. The average Bonchev–Trinajstić information content (AvgIpc) is 3.41. The monoisotopic (exact) mass is 431 g/mol. The number of nitrogens with one attached hydrogen (secondary N) is 1. The summed E-state index contributed by atoms with van der Waals surface area (Å²) in [6, 6.07) is 11.5. The number of aromatic nitrogens is 4. The van der Waals surface area contributed by atoms with Crippen LogP contribution >= 0.6 is 23.4 Å². The fourth-order valence-electron chi connectivity index (χ4n) is 3.44. The molecule has 0 spiro atoms. The van der Waals surface area contributed by atoms with E-state index in [0.717, 1.165) is 24.2 Å². The SMILES string of the molecule is O=C(CSc1nnnn1C1CCCCC1)NCc1ccc(-c2ccc(Cl)cc2)o1. The summed E-state index contributed by atoms with van der Waals surface area (Å²) in [7, 11) is 0. The van der Waals surface area contributed by atoms with Crippen LogP contribution in [0.4, 0.5) is 0 Å². The number of halogens is 1. The second-order valence-corrected chi connectivity index (χ2v) is 8.42. The second kappa shape index (κ2) is 9.45. The van der Waals surface area contributed by atoms with Gasteiger partial charge in [-0.3, -0.25) is 4.79 Å². The number of furan rings is 1. The standard InChI is InChI=1S/C20H22ClN5O2S/c21-15-8-6-14(7-9-15)18-11-10-17(28-18)12-22-19(27)13-29-20-23-24-25-26(20)16-4-2-1-3-5-16/h6-11,16H,1-5,12-13H2,(H,22,27). The van der Waals surface area contributed by atoms with Gasteiger partial charge in [-0.2, -0.15) is 0 Å². The third-order valence-electron chi connectivity index (χ3n) is 4.97. The van der Waals surface area contributed by atoms with E-state index in [1.807, 2.05) is 41.1 Å². The van der Waals surface area contributed by atoms with Crippen LogP contribution in [-0.2, 0) is 11.3 Å². The fraction of sp³-hybridized carbons (Fsp3) is 0.400. The molecule has 2 aromatic heterocycles. The van der Waals surface area contributed by atoms with E-state index in [4.69, 9.17) is 16.0 Å². The van der Waals surface area contributed by atoms with Gasteiger partial charge in [0.15, 0.2) is 0 Å². The molecule has 0 unspecified atom stereocenters. The Morgan fingerprint density at radius 1 is 1.17 bits per heavy atom. The smallest absolute Gasteiger partial charge is 0.230 e. The predicted octanol–water partition coefficient (Wildman–Crippen LogP) is 4.50. The third-order valence-corrected chi connectivity index (χ3v) is 6.15. The Kier molecular flexibility index (Phi) is 6.51. The maximum Gasteiger partial charge on any atom is 0.230 e. The summed E-state index contributed by atoms with van der Waals surface area (Å²) in [5.41, 5.74) is 0.942. The molecule has 1 saturated carbocycles. The van der Waals surface area contributed by atoms with Crippen molar-refractivity contribution in [2.45, 2.75) is 49.8 Å². The minimum atomic E-state index is -0.0855. The van der Waals surface area contributed by atoms with Crippen molar-refractivity contribution in [2.75, 3.05) is 5.75 Å². The number of rotatable bonds is 7. The first-order chi connectivity index (χ1) is 14.2. The highest BCUT2D eigenvalue weighted by atomic mass is 35.5. The molecule has 0 saturated heterocycles. The Labute approximate surface area is 178 Å². The van der Waals surface area contributed by atoms with Gasteiger partial charge in [-0.05, 0) is 59.7 Å². The van der Waals surface area contributed by atoms with Crippen LogP contribution in [-0.4, -0.2) is 31.9 Å². The van der Waals surface area contributed by atoms with E-state index in [1.165, 1.54) is 31.0 Å². The van der Waals surface area contributed by atoms with Gasteiger partial charge in [0.1, 0.15) is 11.5 Å². The van der Waals surface area contributed by atoms with Crippen molar-refractivity contribution >= 4 is 29.3 Å². The zero-order chi connectivity index (χ0) is 20.1. The van der Waals surface area contributed by atoms with Crippen LogP contribution in [0.15, 0.2) is 46.0 Å². The van der Waals surface area contributed by atoms with E-state index in [2.05, 4.69) is 20.8 Å². The van der Waals surface area contributed by atoms with Crippen molar-refractivity contribution in [3.63, 3.8) is 0 Å². The minimum Gasteiger partial charge on any atom is -0.459 e. The molecule has 1 N–H and O–H groups in total. The molecule has 1 amide bonds. The van der Waals surface area contributed by atoms with Gasteiger partial charge < -0.3 is 9.73 Å². The van der Waals surface area contributed by atoms with Crippen LogP contribution in [0.3, 0.4) is 0 Å². The highest BCUT2D eigenvalue weighted by molar-refractivity contribution is 7.99. The molecule has 1 aliphatic carbocycles. The Hall–Kier alpha value is -2.32. The molecular weight excluding hydrogens is 410 g/mol. The maximum absolute atomic E-state index is 12.2. The molecule has 0 bridgehead atoms. The minimum absolute atomic E-state index is 0.0855. The summed E-state index contributed by atoms with van der Waals surface area (Å²) in [6.45, 7) is 0.334. The molecule has 7 nitrogen and oxygen atoms in total. The first-order valence-corrected chi connectivity index (χ1v) is 11.1. The highest BCUT2D eigenvalue weighted by Gasteiger charge is 2.20. The molecule has 3 aromatic rings.